The SMILES string of the molecule is C[C@@]12CCC[C@@](CO)(C(=O)O)[C@H]1CC[C@]13C[C@@H](CO)[C@@H](CC[C@H]12)C3. The molecule has 0 heterocycles. The molecule has 4 aliphatic carbocycles. The van der Waals surface area contributed by atoms with Gasteiger partial charge in [0.15, 0.2) is 0 Å². The van der Waals surface area contributed by atoms with E-state index in [9.17, 15) is 20.1 Å². The summed E-state index contributed by atoms with van der Waals surface area (Å²) in [7, 11) is 0. The van der Waals surface area contributed by atoms with E-state index < -0.39 is 11.4 Å². The normalized spacial score (nSPS) is 53.3. The van der Waals surface area contributed by atoms with Crippen LogP contribution in [0.2, 0.25) is 0 Å². The molecule has 0 aromatic heterocycles. The van der Waals surface area contributed by atoms with Crippen LogP contribution >= 0.6 is 0 Å². The molecule has 4 rings (SSSR count). The van der Waals surface area contributed by atoms with Gasteiger partial charge in [0.25, 0.3) is 0 Å². The zero-order chi connectivity index (χ0) is 17.2. The number of carbonyl (C=O) groups is 1. The Kier molecular flexibility index (Phi) is 3.82. The van der Waals surface area contributed by atoms with Crippen molar-refractivity contribution in [2.24, 2.45) is 39.9 Å². The minimum absolute atomic E-state index is 0.0347. The molecule has 0 unspecified atom stereocenters. The van der Waals surface area contributed by atoms with Crippen LogP contribution in [0.4, 0.5) is 0 Å². The smallest absolute Gasteiger partial charge is 0.312 e. The Bertz CT molecular complexity index is 534. The topological polar surface area (TPSA) is 77.8 Å². The molecular formula is C20H32O4. The minimum atomic E-state index is -0.930. The first-order chi connectivity index (χ1) is 11.4. The molecule has 4 aliphatic rings. The monoisotopic (exact) mass is 336 g/mol. The van der Waals surface area contributed by atoms with Crippen molar-refractivity contribution in [1.82, 2.24) is 0 Å². The van der Waals surface area contributed by atoms with Crippen molar-refractivity contribution in [3.8, 4) is 0 Å². The number of hydrogen-bond acceptors (Lipinski definition) is 3. The average molecular weight is 336 g/mol. The van der Waals surface area contributed by atoms with Crippen LogP contribution in [0.3, 0.4) is 0 Å². The molecule has 0 aromatic rings. The van der Waals surface area contributed by atoms with E-state index in [0.29, 0.717) is 36.2 Å². The Morgan fingerprint density at radius 3 is 2.50 bits per heavy atom. The molecule has 24 heavy (non-hydrogen) atoms. The third-order valence-corrected chi connectivity index (χ3v) is 9.04. The zero-order valence-electron chi connectivity index (χ0n) is 14.8. The first-order valence-electron chi connectivity index (χ1n) is 9.87. The van der Waals surface area contributed by atoms with Gasteiger partial charge in [-0.2, -0.15) is 0 Å². The first kappa shape index (κ1) is 16.8. The molecule has 136 valence electrons. The van der Waals surface area contributed by atoms with Gasteiger partial charge >= 0.3 is 5.97 Å². The lowest BCUT2D eigenvalue weighted by atomic mass is 9.41. The van der Waals surface area contributed by atoms with Crippen LogP contribution in [0.15, 0.2) is 0 Å². The third-order valence-electron chi connectivity index (χ3n) is 9.04. The summed E-state index contributed by atoms with van der Waals surface area (Å²) in [4.78, 5) is 12.1. The molecule has 4 heteroatoms. The molecule has 0 saturated heterocycles. The molecule has 4 saturated carbocycles. The predicted molar refractivity (Wildman–Crippen MR) is 90.3 cm³/mol. The summed E-state index contributed by atoms with van der Waals surface area (Å²) in [6.45, 7) is 2.43. The number of hydrogen-bond donors (Lipinski definition) is 3. The second kappa shape index (κ2) is 5.44. The highest BCUT2D eigenvalue weighted by atomic mass is 16.4. The average Bonchev–Trinajstić information content (AvgIpc) is 2.83. The van der Waals surface area contributed by atoms with Crippen LogP contribution in [0, 0.1) is 39.9 Å². The quantitative estimate of drug-likeness (QED) is 0.740. The number of fused-ring (bicyclic) bond motifs is 3. The summed E-state index contributed by atoms with van der Waals surface area (Å²) in [6.07, 6.45) is 9.44. The lowest BCUT2D eigenvalue weighted by molar-refractivity contribution is -0.191. The Morgan fingerprint density at radius 1 is 1.04 bits per heavy atom. The maximum absolute atomic E-state index is 12.1. The summed E-state index contributed by atoms with van der Waals surface area (Å²) in [5.41, 5.74) is -0.564. The molecule has 4 fully saturated rings. The summed E-state index contributed by atoms with van der Waals surface area (Å²) in [5, 5.41) is 29.8. The highest BCUT2D eigenvalue weighted by Crippen LogP contribution is 2.72. The van der Waals surface area contributed by atoms with Gasteiger partial charge in [0.1, 0.15) is 0 Å². The van der Waals surface area contributed by atoms with Crippen LogP contribution in [-0.2, 0) is 4.79 Å². The van der Waals surface area contributed by atoms with Gasteiger partial charge < -0.3 is 15.3 Å². The third kappa shape index (κ3) is 1.96. The second-order valence-electron chi connectivity index (χ2n) is 9.67. The lowest BCUT2D eigenvalue weighted by Gasteiger charge is -2.63. The summed E-state index contributed by atoms with van der Waals surface area (Å²) in [5.74, 6) is 1.02. The maximum Gasteiger partial charge on any atom is 0.312 e. The van der Waals surface area contributed by atoms with Crippen molar-refractivity contribution < 1.29 is 20.1 Å². The lowest BCUT2D eigenvalue weighted by Crippen LogP contribution is -2.60. The Morgan fingerprint density at radius 2 is 1.83 bits per heavy atom. The number of aliphatic hydroxyl groups excluding tert-OH is 2. The van der Waals surface area contributed by atoms with Gasteiger partial charge in [-0.05, 0) is 85.9 Å². The van der Waals surface area contributed by atoms with E-state index in [1.54, 1.807) is 0 Å². The van der Waals surface area contributed by atoms with Crippen LogP contribution in [0.25, 0.3) is 0 Å². The van der Waals surface area contributed by atoms with Crippen molar-refractivity contribution >= 4 is 5.97 Å². The molecule has 7 atom stereocenters. The molecule has 4 nitrogen and oxygen atoms in total. The van der Waals surface area contributed by atoms with Gasteiger partial charge in [-0.15, -0.1) is 0 Å². The van der Waals surface area contributed by atoms with Gasteiger partial charge in [-0.25, -0.2) is 0 Å². The van der Waals surface area contributed by atoms with E-state index in [-0.39, 0.29) is 17.9 Å². The summed E-state index contributed by atoms with van der Waals surface area (Å²) < 4.78 is 0. The van der Waals surface area contributed by atoms with Crippen molar-refractivity contribution in [2.45, 2.75) is 64.7 Å². The fraction of sp³-hybridized carbons (Fsp3) is 0.950. The van der Waals surface area contributed by atoms with E-state index in [1.807, 2.05) is 0 Å². The molecule has 1 spiro atoms. The highest BCUT2D eigenvalue weighted by Gasteiger charge is 2.66. The van der Waals surface area contributed by atoms with Crippen molar-refractivity contribution in [3.63, 3.8) is 0 Å². The van der Waals surface area contributed by atoms with E-state index in [4.69, 9.17) is 0 Å². The zero-order valence-corrected chi connectivity index (χ0v) is 14.8. The Hall–Kier alpha value is -0.610. The van der Waals surface area contributed by atoms with E-state index in [1.165, 1.54) is 19.3 Å². The minimum Gasteiger partial charge on any atom is -0.481 e. The van der Waals surface area contributed by atoms with Gasteiger partial charge in [-0.1, -0.05) is 13.3 Å². The van der Waals surface area contributed by atoms with E-state index in [0.717, 1.165) is 32.1 Å². The number of carboxylic acids is 1. The number of aliphatic carboxylic acids is 1. The molecule has 0 radical (unpaired) electrons. The Labute approximate surface area is 144 Å². The molecule has 2 bridgehead atoms. The van der Waals surface area contributed by atoms with Crippen molar-refractivity contribution in [3.05, 3.63) is 0 Å². The first-order valence-corrected chi connectivity index (χ1v) is 9.87. The van der Waals surface area contributed by atoms with Gasteiger partial charge in [-0.3, -0.25) is 4.79 Å². The van der Waals surface area contributed by atoms with Crippen molar-refractivity contribution in [1.29, 1.82) is 0 Å². The largest absolute Gasteiger partial charge is 0.481 e. The van der Waals surface area contributed by atoms with E-state index >= 15 is 0 Å². The van der Waals surface area contributed by atoms with Gasteiger partial charge in [0.05, 0.1) is 12.0 Å². The second-order valence-corrected chi connectivity index (χ2v) is 9.67. The fourth-order valence-electron chi connectivity index (χ4n) is 8.12. The standard InChI is InChI=1S/C20H32O4/c1-18-6-2-7-20(12-22,17(23)24)16(18)5-8-19-9-13(3-4-15(18)19)14(10-19)11-21/h13-16,21-22H,2-12H2,1H3,(H,23,24)/t13-,14-,15-,16-,18-,19-,20-/m0/s1. The van der Waals surface area contributed by atoms with Crippen LogP contribution in [-0.4, -0.2) is 34.5 Å². The molecule has 0 aromatic carbocycles. The van der Waals surface area contributed by atoms with Crippen molar-refractivity contribution in [2.75, 3.05) is 13.2 Å². The van der Waals surface area contributed by atoms with Crippen LogP contribution in [0.1, 0.15) is 64.7 Å². The number of carboxylic acid groups (broad SMARTS) is 1. The molecule has 0 aliphatic heterocycles. The van der Waals surface area contributed by atoms with Gasteiger partial charge in [0.2, 0.25) is 0 Å². The molecular weight excluding hydrogens is 304 g/mol. The molecule has 3 N–H and O–H groups in total. The molecule has 0 amide bonds. The van der Waals surface area contributed by atoms with Gasteiger partial charge in [0, 0.05) is 6.61 Å². The summed E-state index contributed by atoms with van der Waals surface area (Å²) >= 11 is 0. The number of rotatable bonds is 3. The Balaban J connectivity index is 1.72. The van der Waals surface area contributed by atoms with E-state index in [2.05, 4.69) is 6.92 Å². The fourth-order valence-corrected chi connectivity index (χ4v) is 8.12. The van der Waals surface area contributed by atoms with Crippen LogP contribution in [0.5, 0.6) is 0 Å². The maximum atomic E-state index is 12.1. The number of aliphatic hydroxyl groups is 2. The highest BCUT2D eigenvalue weighted by molar-refractivity contribution is 5.75. The predicted octanol–water partition coefficient (Wildman–Crippen LogP) is 3.06. The van der Waals surface area contributed by atoms with Crippen LogP contribution < -0.4 is 0 Å². The summed E-state index contributed by atoms with van der Waals surface area (Å²) in [6, 6.07) is 0.